The third kappa shape index (κ3) is 3.33. The fourth-order valence-corrected chi connectivity index (χ4v) is 4.20. The summed E-state index contributed by atoms with van der Waals surface area (Å²) in [7, 11) is 0. The molecule has 25 heavy (non-hydrogen) atoms. The van der Waals surface area contributed by atoms with Crippen molar-refractivity contribution in [1.82, 2.24) is 9.47 Å². The summed E-state index contributed by atoms with van der Waals surface area (Å²) in [5, 5.41) is 0. The van der Waals surface area contributed by atoms with Crippen molar-refractivity contribution in [2.75, 3.05) is 13.1 Å². The Morgan fingerprint density at radius 1 is 1.08 bits per heavy atom. The molecule has 1 aromatic carbocycles. The minimum atomic E-state index is 0.0138. The summed E-state index contributed by atoms with van der Waals surface area (Å²) in [6.07, 6.45) is 4.69. The van der Waals surface area contributed by atoms with Gasteiger partial charge in [-0.3, -0.25) is 9.59 Å². The molecule has 4 nitrogen and oxygen atoms in total. The van der Waals surface area contributed by atoms with Crippen LogP contribution in [0.4, 0.5) is 0 Å². The first-order valence-corrected chi connectivity index (χ1v) is 9.31. The zero-order valence-electron chi connectivity index (χ0n) is 13.8. The molecule has 0 amide bonds. The second-order valence-electron chi connectivity index (χ2n) is 6.84. The fraction of sp³-hybridized carbons (Fsp3) is 0.300. The molecule has 5 heteroatoms. The highest BCUT2D eigenvalue weighted by atomic mass is 79.9. The lowest BCUT2D eigenvalue weighted by Crippen LogP contribution is -2.45. The van der Waals surface area contributed by atoms with Gasteiger partial charge >= 0.3 is 0 Å². The number of benzene rings is 1. The molecule has 1 unspecified atom stereocenters. The zero-order chi connectivity index (χ0) is 17.4. The van der Waals surface area contributed by atoms with Crippen molar-refractivity contribution < 1.29 is 4.79 Å². The Morgan fingerprint density at radius 2 is 1.88 bits per heavy atom. The number of carbonyl (C=O) groups is 1. The average Bonchev–Trinajstić information content (AvgIpc) is 2.61. The van der Waals surface area contributed by atoms with E-state index in [1.54, 1.807) is 12.1 Å². The van der Waals surface area contributed by atoms with E-state index < -0.39 is 0 Å². The summed E-state index contributed by atoms with van der Waals surface area (Å²) >= 11 is 3.38. The van der Waals surface area contributed by atoms with Crippen LogP contribution in [0, 0.1) is 5.92 Å². The largest absolute Gasteiger partial charge is 0.376 e. The number of likely N-dealkylation sites (tertiary alicyclic amines) is 1. The summed E-state index contributed by atoms with van der Waals surface area (Å²) < 4.78 is 2.89. The second kappa shape index (κ2) is 6.64. The summed E-state index contributed by atoms with van der Waals surface area (Å²) in [5.74, 6) is 0.826. The number of carbonyl (C=O) groups excluding carboxylic acids is 1. The highest BCUT2D eigenvalue weighted by Crippen LogP contribution is 2.34. The molecule has 2 atom stereocenters. The van der Waals surface area contributed by atoms with Crippen molar-refractivity contribution in [2.45, 2.75) is 18.9 Å². The van der Waals surface area contributed by atoms with Crippen LogP contribution >= 0.6 is 15.9 Å². The van der Waals surface area contributed by atoms with Gasteiger partial charge in [0.2, 0.25) is 0 Å². The Balaban J connectivity index is 1.50. The highest BCUT2D eigenvalue weighted by molar-refractivity contribution is 9.10. The van der Waals surface area contributed by atoms with Crippen molar-refractivity contribution in [3.63, 3.8) is 0 Å². The van der Waals surface area contributed by atoms with Crippen LogP contribution in [-0.4, -0.2) is 28.3 Å². The Labute approximate surface area is 154 Å². The number of halogens is 1. The number of hydrogen-bond acceptors (Lipinski definition) is 3. The maximum absolute atomic E-state index is 12.3. The Morgan fingerprint density at radius 3 is 2.68 bits per heavy atom. The first-order chi connectivity index (χ1) is 12.1. The Bertz CT molecular complexity index is 885. The average molecular weight is 399 g/mol. The van der Waals surface area contributed by atoms with Crippen LogP contribution in [0.3, 0.4) is 0 Å². The van der Waals surface area contributed by atoms with Gasteiger partial charge in [-0.2, -0.15) is 0 Å². The van der Waals surface area contributed by atoms with Crippen LogP contribution in [0.25, 0.3) is 0 Å². The molecule has 0 N–H and O–H groups in total. The molecule has 2 bridgehead atoms. The number of pyridine rings is 1. The number of nitrogens with zero attached hydrogens (tertiary/aromatic N) is 2. The monoisotopic (exact) mass is 398 g/mol. The number of fused-ring (bicyclic) bond motifs is 4. The number of allylic oxidation sites excluding steroid dienone is 1. The molecule has 0 spiro atoms. The highest BCUT2D eigenvalue weighted by Gasteiger charge is 2.33. The van der Waals surface area contributed by atoms with Gasteiger partial charge in [0.15, 0.2) is 5.78 Å². The maximum atomic E-state index is 12.3. The van der Waals surface area contributed by atoms with Crippen molar-refractivity contribution >= 4 is 21.7 Å². The number of rotatable bonds is 3. The topological polar surface area (TPSA) is 42.3 Å². The number of aromatic nitrogens is 1. The smallest absolute Gasteiger partial charge is 0.250 e. The van der Waals surface area contributed by atoms with Gasteiger partial charge in [0, 0.05) is 59.6 Å². The predicted octanol–water partition coefficient (Wildman–Crippen LogP) is 3.43. The van der Waals surface area contributed by atoms with Gasteiger partial charge in [0.1, 0.15) is 0 Å². The third-order valence-corrected chi connectivity index (χ3v) is 5.60. The standard InChI is InChI=1S/C20H19BrN2O2/c21-17-6-4-15(5-7-17)19(24)8-9-22-11-14-10-16(13-22)18-2-1-3-20(25)23(18)12-14/h1-9,14,16H,10-13H2/b9-8+/t14?,16-/m1/s1. The molecule has 2 aliphatic heterocycles. The van der Waals surface area contributed by atoms with Crippen molar-refractivity contribution in [1.29, 1.82) is 0 Å². The molecule has 2 aromatic rings. The summed E-state index contributed by atoms with van der Waals surface area (Å²) in [4.78, 5) is 26.6. The summed E-state index contributed by atoms with van der Waals surface area (Å²) in [6, 6.07) is 12.9. The van der Waals surface area contributed by atoms with Crippen LogP contribution in [-0.2, 0) is 6.54 Å². The number of piperidine rings is 1. The van der Waals surface area contributed by atoms with Crippen LogP contribution in [0.5, 0.6) is 0 Å². The third-order valence-electron chi connectivity index (χ3n) is 5.07. The van der Waals surface area contributed by atoms with Gasteiger partial charge < -0.3 is 9.47 Å². The van der Waals surface area contributed by atoms with E-state index >= 15 is 0 Å². The van der Waals surface area contributed by atoms with Crippen LogP contribution < -0.4 is 5.56 Å². The molecule has 3 heterocycles. The molecule has 1 fully saturated rings. The van der Waals surface area contributed by atoms with E-state index in [4.69, 9.17) is 0 Å². The fourth-order valence-electron chi connectivity index (χ4n) is 3.94. The first-order valence-electron chi connectivity index (χ1n) is 8.52. The lowest BCUT2D eigenvalue weighted by molar-refractivity contribution is 0.104. The lowest BCUT2D eigenvalue weighted by atomic mass is 9.83. The van der Waals surface area contributed by atoms with E-state index in [1.165, 1.54) is 0 Å². The van der Waals surface area contributed by atoms with Crippen molar-refractivity contribution in [2.24, 2.45) is 5.92 Å². The van der Waals surface area contributed by atoms with Gasteiger partial charge in [0.25, 0.3) is 5.56 Å². The summed E-state index contributed by atoms with van der Waals surface area (Å²) in [5.41, 5.74) is 1.91. The van der Waals surface area contributed by atoms with E-state index in [1.807, 2.05) is 41.1 Å². The molecule has 1 aromatic heterocycles. The minimum absolute atomic E-state index is 0.0138. The van der Waals surface area contributed by atoms with Gasteiger partial charge in [-0.1, -0.05) is 22.0 Å². The van der Waals surface area contributed by atoms with E-state index in [-0.39, 0.29) is 11.3 Å². The van der Waals surface area contributed by atoms with E-state index in [2.05, 4.69) is 26.9 Å². The van der Waals surface area contributed by atoms with Crippen LogP contribution in [0.1, 0.15) is 28.4 Å². The maximum Gasteiger partial charge on any atom is 0.250 e. The van der Waals surface area contributed by atoms with Gasteiger partial charge in [-0.15, -0.1) is 0 Å². The predicted molar refractivity (Wildman–Crippen MR) is 101 cm³/mol. The quantitative estimate of drug-likeness (QED) is 0.587. The van der Waals surface area contributed by atoms with E-state index in [0.29, 0.717) is 17.4 Å². The van der Waals surface area contributed by atoms with Gasteiger partial charge in [0.05, 0.1) is 0 Å². The van der Waals surface area contributed by atoms with Crippen LogP contribution in [0.15, 0.2) is 64.0 Å². The van der Waals surface area contributed by atoms with Crippen molar-refractivity contribution in [3.8, 4) is 0 Å². The molecular formula is C20H19BrN2O2. The normalized spacial score (nSPS) is 22.0. The number of hydrogen-bond donors (Lipinski definition) is 0. The first kappa shape index (κ1) is 16.3. The minimum Gasteiger partial charge on any atom is -0.376 e. The molecule has 0 saturated carbocycles. The Hall–Kier alpha value is -2.14. The van der Waals surface area contributed by atoms with E-state index in [9.17, 15) is 9.59 Å². The second-order valence-corrected chi connectivity index (χ2v) is 7.75. The SMILES string of the molecule is O=C(/C=C/N1CC2C[C@H](C1)c1cccc(=O)n1C2)c1ccc(Br)cc1. The number of ketones is 1. The molecule has 128 valence electrons. The molecule has 0 aliphatic carbocycles. The molecule has 4 rings (SSSR count). The summed E-state index contributed by atoms with van der Waals surface area (Å²) in [6.45, 7) is 2.52. The van der Waals surface area contributed by atoms with Gasteiger partial charge in [-0.05, 0) is 42.7 Å². The molecule has 1 saturated heterocycles. The van der Waals surface area contributed by atoms with Crippen LogP contribution in [0.2, 0.25) is 0 Å². The Kier molecular flexibility index (Phi) is 4.34. The zero-order valence-corrected chi connectivity index (χ0v) is 15.4. The molecule has 0 radical (unpaired) electrons. The van der Waals surface area contributed by atoms with Gasteiger partial charge in [-0.25, -0.2) is 0 Å². The molecular weight excluding hydrogens is 380 g/mol. The lowest BCUT2D eigenvalue weighted by Gasteiger charge is -2.42. The van der Waals surface area contributed by atoms with Crippen molar-refractivity contribution in [3.05, 3.63) is 80.8 Å². The molecule has 2 aliphatic rings. The van der Waals surface area contributed by atoms with E-state index in [0.717, 1.165) is 36.2 Å².